The maximum absolute atomic E-state index is 11.6. The van der Waals surface area contributed by atoms with Crippen LogP contribution in [0.1, 0.15) is 79.1 Å². The fourth-order valence-electron chi connectivity index (χ4n) is 7.31. The summed E-state index contributed by atoms with van der Waals surface area (Å²) >= 11 is 0. The van der Waals surface area contributed by atoms with Crippen molar-refractivity contribution in [3.63, 3.8) is 0 Å². The molecule has 0 unspecified atom stereocenters. The van der Waals surface area contributed by atoms with Crippen molar-refractivity contribution in [3.05, 3.63) is 11.6 Å². The topological polar surface area (TPSA) is 52.6 Å². The highest BCUT2D eigenvalue weighted by molar-refractivity contribution is 5.66. The molecule has 0 aromatic carbocycles. The predicted octanol–water partition coefficient (Wildman–Crippen LogP) is 4.81. The van der Waals surface area contributed by atoms with E-state index in [4.69, 9.17) is 9.47 Å². The minimum Gasteiger partial charge on any atom is -0.462 e. The zero-order chi connectivity index (χ0) is 19.4. The van der Waals surface area contributed by atoms with Crippen molar-refractivity contribution in [2.24, 2.45) is 28.6 Å². The molecule has 4 rings (SSSR count). The van der Waals surface area contributed by atoms with Crippen LogP contribution in [0.3, 0.4) is 0 Å². The van der Waals surface area contributed by atoms with E-state index in [1.807, 2.05) is 0 Å². The Balaban J connectivity index is 1.55. The van der Waals surface area contributed by atoms with Gasteiger partial charge in [0, 0.05) is 25.7 Å². The van der Waals surface area contributed by atoms with Gasteiger partial charge in [-0.25, -0.2) is 0 Å². The van der Waals surface area contributed by atoms with Crippen LogP contribution in [-0.2, 0) is 19.1 Å². The zero-order valence-electron chi connectivity index (χ0n) is 17.3. The molecule has 0 aromatic heterocycles. The molecule has 4 aliphatic rings. The van der Waals surface area contributed by atoms with Crippen LogP contribution < -0.4 is 0 Å². The van der Waals surface area contributed by atoms with Crippen molar-refractivity contribution in [2.75, 3.05) is 0 Å². The summed E-state index contributed by atoms with van der Waals surface area (Å²) in [6.45, 7) is 7.88. The molecule has 0 saturated heterocycles. The normalized spacial score (nSPS) is 45.8. The molecule has 3 fully saturated rings. The average Bonchev–Trinajstić information content (AvgIpc) is 2.91. The highest BCUT2D eigenvalue weighted by Gasteiger charge is 2.59. The molecule has 150 valence electrons. The number of ether oxygens (including phenoxy) is 2. The van der Waals surface area contributed by atoms with Gasteiger partial charge in [0.1, 0.15) is 12.2 Å². The Bertz CT molecular complexity index is 667. The van der Waals surface area contributed by atoms with Crippen LogP contribution in [0.4, 0.5) is 0 Å². The lowest BCUT2D eigenvalue weighted by Crippen LogP contribution is -2.51. The fourth-order valence-corrected chi connectivity index (χ4v) is 7.31. The number of hydrogen-bond donors (Lipinski definition) is 0. The second-order valence-electron chi connectivity index (χ2n) is 9.95. The number of rotatable bonds is 2. The van der Waals surface area contributed by atoms with Crippen LogP contribution in [-0.4, -0.2) is 24.1 Å². The van der Waals surface area contributed by atoms with E-state index in [2.05, 4.69) is 19.9 Å². The standard InChI is InChI=1S/C23H34O4/c1-14(24)26-17-9-11-22(3)16(13-17)5-6-18-19-7-8-21(27-15(2)25)23(19,4)12-10-20(18)22/h5,17-21H,6-13H2,1-4H3/t17-,18+,19+,20+,21-,22-,23+/m0/s1. The van der Waals surface area contributed by atoms with Crippen LogP contribution in [0.15, 0.2) is 11.6 Å². The van der Waals surface area contributed by atoms with Gasteiger partial charge in [0.15, 0.2) is 0 Å². The SMILES string of the molecule is CC(=O)O[C@H]1CC[C@@]2(C)C(=CC[C@@H]3[C@H]4CC[C@H](OC(C)=O)[C@]4(C)CC[C@H]32)C1. The molecule has 0 amide bonds. The lowest BCUT2D eigenvalue weighted by Gasteiger charge is -2.57. The Morgan fingerprint density at radius 1 is 0.963 bits per heavy atom. The third kappa shape index (κ3) is 3.03. The molecule has 0 bridgehead atoms. The Morgan fingerprint density at radius 3 is 2.41 bits per heavy atom. The maximum Gasteiger partial charge on any atom is 0.302 e. The molecule has 0 radical (unpaired) electrons. The van der Waals surface area contributed by atoms with Crippen LogP contribution >= 0.6 is 0 Å². The first-order chi connectivity index (χ1) is 12.7. The maximum atomic E-state index is 11.6. The van der Waals surface area contributed by atoms with Crippen molar-refractivity contribution in [2.45, 2.75) is 91.3 Å². The predicted molar refractivity (Wildman–Crippen MR) is 103 cm³/mol. The van der Waals surface area contributed by atoms with Crippen LogP contribution in [0, 0.1) is 28.6 Å². The van der Waals surface area contributed by atoms with E-state index in [9.17, 15) is 9.59 Å². The Morgan fingerprint density at radius 2 is 1.70 bits per heavy atom. The zero-order valence-corrected chi connectivity index (χ0v) is 17.3. The quantitative estimate of drug-likeness (QED) is 0.514. The molecule has 4 heteroatoms. The van der Waals surface area contributed by atoms with E-state index in [-0.39, 0.29) is 35.0 Å². The molecule has 4 aliphatic carbocycles. The molecular formula is C23H34O4. The van der Waals surface area contributed by atoms with Gasteiger partial charge in [-0.05, 0) is 68.1 Å². The lowest BCUT2D eigenvalue weighted by atomic mass is 9.48. The monoisotopic (exact) mass is 374 g/mol. The summed E-state index contributed by atoms with van der Waals surface area (Å²) < 4.78 is 11.3. The van der Waals surface area contributed by atoms with Gasteiger partial charge in [0.2, 0.25) is 0 Å². The molecule has 0 N–H and O–H groups in total. The van der Waals surface area contributed by atoms with Crippen molar-refractivity contribution in [1.82, 2.24) is 0 Å². The van der Waals surface area contributed by atoms with Gasteiger partial charge in [-0.15, -0.1) is 0 Å². The highest BCUT2D eigenvalue weighted by Crippen LogP contribution is 2.65. The number of esters is 2. The second kappa shape index (κ2) is 6.63. The fraction of sp³-hybridized carbons (Fsp3) is 0.826. The smallest absolute Gasteiger partial charge is 0.302 e. The van der Waals surface area contributed by atoms with E-state index >= 15 is 0 Å². The molecule has 27 heavy (non-hydrogen) atoms. The first kappa shape index (κ1) is 19.0. The Kier molecular flexibility index (Phi) is 4.67. The van der Waals surface area contributed by atoms with Gasteiger partial charge in [-0.2, -0.15) is 0 Å². The van der Waals surface area contributed by atoms with Gasteiger partial charge < -0.3 is 9.47 Å². The second-order valence-corrected chi connectivity index (χ2v) is 9.95. The van der Waals surface area contributed by atoms with Gasteiger partial charge in [0.05, 0.1) is 0 Å². The molecular weight excluding hydrogens is 340 g/mol. The van der Waals surface area contributed by atoms with E-state index in [1.54, 1.807) is 6.92 Å². The van der Waals surface area contributed by atoms with E-state index in [0.29, 0.717) is 17.8 Å². The summed E-state index contributed by atoms with van der Waals surface area (Å²) in [6.07, 6.45) is 11.4. The molecule has 0 heterocycles. The summed E-state index contributed by atoms with van der Waals surface area (Å²) in [5.41, 5.74) is 1.92. The number of carbonyl (C=O) groups is 2. The average molecular weight is 375 g/mol. The molecule has 3 saturated carbocycles. The number of carbonyl (C=O) groups excluding carboxylic acids is 2. The molecule has 0 aliphatic heterocycles. The molecule has 0 spiro atoms. The van der Waals surface area contributed by atoms with Crippen molar-refractivity contribution >= 4 is 11.9 Å². The first-order valence-corrected chi connectivity index (χ1v) is 10.8. The summed E-state index contributed by atoms with van der Waals surface area (Å²) in [4.78, 5) is 22.9. The van der Waals surface area contributed by atoms with E-state index < -0.39 is 0 Å². The third-order valence-corrected chi connectivity index (χ3v) is 8.61. The molecule has 4 nitrogen and oxygen atoms in total. The molecule has 7 atom stereocenters. The first-order valence-electron chi connectivity index (χ1n) is 10.8. The van der Waals surface area contributed by atoms with Crippen LogP contribution in [0.5, 0.6) is 0 Å². The molecule has 0 aromatic rings. The summed E-state index contributed by atoms with van der Waals surface area (Å²) in [5.74, 6) is 1.77. The van der Waals surface area contributed by atoms with Crippen molar-refractivity contribution in [3.8, 4) is 0 Å². The number of hydrogen-bond acceptors (Lipinski definition) is 4. The van der Waals surface area contributed by atoms with E-state index in [1.165, 1.54) is 25.3 Å². The van der Waals surface area contributed by atoms with Crippen LogP contribution in [0.2, 0.25) is 0 Å². The largest absolute Gasteiger partial charge is 0.462 e. The summed E-state index contributed by atoms with van der Waals surface area (Å²) in [7, 11) is 0. The van der Waals surface area contributed by atoms with Gasteiger partial charge in [-0.1, -0.05) is 25.5 Å². The van der Waals surface area contributed by atoms with E-state index in [0.717, 1.165) is 38.5 Å². The Hall–Kier alpha value is -1.32. The lowest BCUT2D eigenvalue weighted by molar-refractivity contribution is -0.157. The summed E-state index contributed by atoms with van der Waals surface area (Å²) in [6, 6.07) is 0. The third-order valence-electron chi connectivity index (χ3n) is 8.61. The Labute approximate surface area is 163 Å². The van der Waals surface area contributed by atoms with Crippen LogP contribution in [0.25, 0.3) is 0 Å². The number of fused-ring (bicyclic) bond motifs is 5. The minimum atomic E-state index is -0.159. The summed E-state index contributed by atoms with van der Waals surface area (Å²) in [5, 5.41) is 0. The van der Waals surface area contributed by atoms with Gasteiger partial charge in [-0.3, -0.25) is 9.59 Å². The van der Waals surface area contributed by atoms with Gasteiger partial charge >= 0.3 is 11.9 Å². The van der Waals surface area contributed by atoms with Crippen molar-refractivity contribution in [1.29, 1.82) is 0 Å². The van der Waals surface area contributed by atoms with Crippen molar-refractivity contribution < 1.29 is 19.1 Å². The highest BCUT2D eigenvalue weighted by atomic mass is 16.5. The van der Waals surface area contributed by atoms with Gasteiger partial charge in [0.25, 0.3) is 0 Å². The number of allylic oxidation sites excluding steroid dienone is 1. The minimum absolute atomic E-state index is 0.0621.